The molecule has 2 rings (SSSR count). The van der Waals surface area contributed by atoms with Crippen LogP contribution in [0.25, 0.3) is 0 Å². The summed E-state index contributed by atoms with van der Waals surface area (Å²) in [6, 6.07) is 5.66. The fraction of sp³-hybridized carbons (Fsp3) is 0. The van der Waals surface area contributed by atoms with Crippen molar-refractivity contribution >= 4 is 33.5 Å². The molecule has 8 heteroatoms. The Kier molecular flexibility index (Phi) is 4.79. The number of nitrogens with two attached hydrogens (primary N) is 1. The highest BCUT2D eigenvalue weighted by Gasteiger charge is 2.16. The first-order chi connectivity index (χ1) is 9.93. The topological polar surface area (TPSA) is 58.6 Å². The number of benzene rings is 2. The van der Waals surface area contributed by atoms with Gasteiger partial charge in [0.25, 0.3) is 0 Å². The maximum atomic E-state index is 14.2. The third-order valence-corrected chi connectivity index (χ3v) is 4.39. The van der Waals surface area contributed by atoms with Crippen molar-refractivity contribution in [3.05, 3.63) is 57.8 Å². The average molecular weight is 377 g/mol. The Morgan fingerprint density at radius 3 is 2.52 bits per heavy atom. The van der Waals surface area contributed by atoms with Crippen LogP contribution in [0, 0.1) is 17.5 Å². The highest BCUT2D eigenvalue weighted by atomic mass is 79.9. The van der Waals surface area contributed by atoms with Crippen molar-refractivity contribution in [2.45, 2.75) is 9.79 Å². The lowest BCUT2D eigenvalue weighted by molar-refractivity contribution is 0.318. The van der Waals surface area contributed by atoms with Gasteiger partial charge in [-0.2, -0.15) is 0 Å². The van der Waals surface area contributed by atoms with Crippen LogP contribution in [0.5, 0.6) is 0 Å². The lowest BCUT2D eigenvalue weighted by Crippen LogP contribution is -2.14. The van der Waals surface area contributed by atoms with Gasteiger partial charge < -0.3 is 10.9 Å². The van der Waals surface area contributed by atoms with E-state index in [1.54, 1.807) is 0 Å². The summed E-state index contributed by atoms with van der Waals surface area (Å²) in [5.74, 6) is -2.26. The minimum Gasteiger partial charge on any atom is -0.409 e. The van der Waals surface area contributed by atoms with Gasteiger partial charge in [0.15, 0.2) is 11.7 Å². The maximum Gasteiger partial charge on any atom is 0.171 e. The Morgan fingerprint density at radius 2 is 1.86 bits per heavy atom. The third-order valence-electron chi connectivity index (χ3n) is 2.54. The zero-order chi connectivity index (χ0) is 15.6. The second kappa shape index (κ2) is 6.40. The van der Waals surface area contributed by atoms with E-state index in [2.05, 4.69) is 21.1 Å². The summed E-state index contributed by atoms with van der Waals surface area (Å²) in [5, 5.41) is 11.4. The third kappa shape index (κ3) is 3.33. The molecule has 0 spiro atoms. The van der Waals surface area contributed by atoms with Gasteiger partial charge in [-0.25, -0.2) is 13.2 Å². The van der Waals surface area contributed by atoms with Crippen LogP contribution >= 0.6 is 27.7 Å². The molecule has 2 aromatic rings. The Bertz CT molecular complexity index is 725. The van der Waals surface area contributed by atoms with E-state index in [-0.39, 0.29) is 25.7 Å². The molecular weight excluding hydrogens is 369 g/mol. The lowest BCUT2D eigenvalue weighted by atomic mass is 10.2. The summed E-state index contributed by atoms with van der Waals surface area (Å²) < 4.78 is 40.8. The van der Waals surface area contributed by atoms with E-state index in [1.807, 2.05) is 0 Å². The number of halogens is 4. The van der Waals surface area contributed by atoms with Crippen LogP contribution in [0.4, 0.5) is 13.2 Å². The van der Waals surface area contributed by atoms with Gasteiger partial charge in [0, 0.05) is 10.5 Å². The Morgan fingerprint density at radius 1 is 1.14 bits per heavy atom. The molecule has 0 fully saturated rings. The summed E-state index contributed by atoms with van der Waals surface area (Å²) in [6.07, 6.45) is 0. The summed E-state index contributed by atoms with van der Waals surface area (Å²) in [6.45, 7) is 0. The minimum atomic E-state index is -0.715. The van der Waals surface area contributed by atoms with Crippen molar-refractivity contribution in [1.82, 2.24) is 0 Å². The van der Waals surface area contributed by atoms with E-state index in [9.17, 15) is 13.2 Å². The van der Waals surface area contributed by atoms with Gasteiger partial charge in [-0.1, -0.05) is 16.9 Å². The largest absolute Gasteiger partial charge is 0.409 e. The van der Waals surface area contributed by atoms with Crippen LogP contribution < -0.4 is 5.73 Å². The van der Waals surface area contributed by atoms with E-state index in [4.69, 9.17) is 10.9 Å². The molecule has 2 aromatic carbocycles. The first-order valence-electron chi connectivity index (χ1n) is 5.53. The van der Waals surface area contributed by atoms with Crippen LogP contribution in [0.3, 0.4) is 0 Å². The monoisotopic (exact) mass is 376 g/mol. The second-order valence-corrected chi connectivity index (χ2v) is 5.78. The van der Waals surface area contributed by atoms with E-state index in [0.717, 1.165) is 30.0 Å². The predicted molar refractivity (Wildman–Crippen MR) is 77.1 cm³/mol. The normalized spacial score (nSPS) is 11.7. The molecule has 0 radical (unpaired) electrons. The zero-order valence-corrected chi connectivity index (χ0v) is 12.7. The molecule has 0 aromatic heterocycles. The van der Waals surface area contributed by atoms with E-state index >= 15 is 0 Å². The van der Waals surface area contributed by atoms with Crippen molar-refractivity contribution in [2.75, 3.05) is 0 Å². The number of rotatable bonds is 3. The molecule has 0 unspecified atom stereocenters. The van der Waals surface area contributed by atoms with Gasteiger partial charge in [0.05, 0.1) is 9.37 Å². The fourth-order valence-electron chi connectivity index (χ4n) is 1.54. The van der Waals surface area contributed by atoms with Crippen LogP contribution in [0.15, 0.2) is 49.8 Å². The highest BCUT2D eigenvalue weighted by molar-refractivity contribution is 9.10. The number of amidine groups is 1. The molecule has 0 atom stereocenters. The van der Waals surface area contributed by atoms with Crippen molar-refractivity contribution in [3.8, 4) is 0 Å². The Hall–Kier alpha value is -1.67. The second-order valence-electron chi connectivity index (χ2n) is 3.90. The summed E-state index contributed by atoms with van der Waals surface area (Å²) in [5.41, 5.74) is 5.55. The van der Waals surface area contributed by atoms with Crippen LogP contribution in [-0.2, 0) is 0 Å². The molecule has 0 aliphatic carbocycles. The summed E-state index contributed by atoms with van der Waals surface area (Å²) >= 11 is 3.72. The Labute approximate surface area is 130 Å². The molecule has 110 valence electrons. The van der Waals surface area contributed by atoms with Crippen LogP contribution in [-0.4, -0.2) is 11.0 Å². The Balaban J connectivity index is 2.42. The smallest absolute Gasteiger partial charge is 0.171 e. The molecule has 0 amide bonds. The molecule has 0 bridgehead atoms. The van der Waals surface area contributed by atoms with Gasteiger partial charge in [0.1, 0.15) is 11.6 Å². The van der Waals surface area contributed by atoms with Gasteiger partial charge in [-0.05, 0) is 46.3 Å². The molecule has 0 saturated heterocycles. The first kappa shape index (κ1) is 15.7. The molecule has 3 nitrogen and oxygen atoms in total. The number of oxime groups is 1. The molecule has 3 N–H and O–H groups in total. The van der Waals surface area contributed by atoms with E-state index < -0.39 is 17.5 Å². The highest BCUT2D eigenvalue weighted by Crippen LogP contribution is 2.35. The summed E-state index contributed by atoms with van der Waals surface area (Å²) in [4.78, 5) is 0.0261. The predicted octanol–water partition coefficient (Wildman–Crippen LogP) is 4.11. The van der Waals surface area contributed by atoms with Gasteiger partial charge in [-0.3, -0.25) is 0 Å². The van der Waals surface area contributed by atoms with Gasteiger partial charge >= 0.3 is 0 Å². The quantitative estimate of drug-likeness (QED) is 0.366. The molecular formula is C13H8BrF3N2OS. The van der Waals surface area contributed by atoms with Gasteiger partial charge in [-0.15, -0.1) is 0 Å². The minimum absolute atomic E-state index is 0.0281. The lowest BCUT2D eigenvalue weighted by Gasteiger charge is -2.09. The standard InChI is InChI=1S/C13H8BrF3N2OS/c14-11-7(13(18)19-20)2-4-9(12(11)17)21-10-5-6(15)1-3-8(10)16/h1-5,20H,(H2,18,19). The van der Waals surface area contributed by atoms with Crippen molar-refractivity contribution in [2.24, 2.45) is 10.9 Å². The average Bonchev–Trinajstić information content (AvgIpc) is 2.47. The van der Waals surface area contributed by atoms with Gasteiger partial charge in [0.2, 0.25) is 0 Å². The maximum absolute atomic E-state index is 14.2. The van der Waals surface area contributed by atoms with Crippen molar-refractivity contribution < 1.29 is 18.4 Å². The van der Waals surface area contributed by atoms with Crippen LogP contribution in [0.2, 0.25) is 0 Å². The molecule has 0 aliphatic rings. The molecule has 0 saturated carbocycles. The fourth-order valence-corrected chi connectivity index (χ4v) is 3.12. The number of hydrogen-bond donors (Lipinski definition) is 2. The molecule has 21 heavy (non-hydrogen) atoms. The summed E-state index contributed by atoms with van der Waals surface area (Å²) in [7, 11) is 0. The molecule has 0 aliphatic heterocycles. The van der Waals surface area contributed by atoms with Crippen LogP contribution in [0.1, 0.15) is 5.56 Å². The zero-order valence-electron chi connectivity index (χ0n) is 10.3. The number of nitrogens with zero attached hydrogens (tertiary/aromatic N) is 1. The van der Waals surface area contributed by atoms with E-state index in [1.165, 1.54) is 12.1 Å². The number of hydrogen-bond acceptors (Lipinski definition) is 3. The van der Waals surface area contributed by atoms with Crippen molar-refractivity contribution in [3.63, 3.8) is 0 Å². The SMILES string of the molecule is N/C(=N/O)c1ccc(Sc2cc(F)ccc2F)c(F)c1Br. The first-order valence-corrected chi connectivity index (χ1v) is 7.13. The van der Waals surface area contributed by atoms with Crippen molar-refractivity contribution in [1.29, 1.82) is 0 Å². The molecule has 0 heterocycles. The van der Waals surface area contributed by atoms with E-state index in [0.29, 0.717) is 0 Å².